The van der Waals surface area contributed by atoms with Gasteiger partial charge in [-0.15, -0.1) is 0 Å². The fourth-order valence-corrected chi connectivity index (χ4v) is 2.22. The average Bonchev–Trinajstić information content (AvgIpc) is 2.46. The number of allylic oxidation sites excluding steroid dienone is 2. The van der Waals surface area contributed by atoms with E-state index in [1.54, 1.807) is 6.92 Å². The molecular weight excluding hydrogens is 292 g/mol. The number of aliphatic hydroxyl groups is 1. The highest BCUT2D eigenvalue weighted by Gasteiger charge is 2.18. The van der Waals surface area contributed by atoms with Gasteiger partial charge >= 0.3 is 5.63 Å². The van der Waals surface area contributed by atoms with E-state index in [-0.39, 0.29) is 28.2 Å². The summed E-state index contributed by atoms with van der Waals surface area (Å²) in [7, 11) is 0. The number of aryl methyl sites for hydroxylation is 1. The van der Waals surface area contributed by atoms with E-state index in [9.17, 15) is 14.7 Å². The van der Waals surface area contributed by atoms with Crippen molar-refractivity contribution in [2.24, 2.45) is 0 Å². The van der Waals surface area contributed by atoms with Crippen LogP contribution < -0.4 is 5.63 Å². The van der Waals surface area contributed by atoms with Crippen LogP contribution in [0.1, 0.15) is 36.3 Å². The van der Waals surface area contributed by atoms with Gasteiger partial charge in [-0.05, 0) is 39.0 Å². The third-order valence-electron chi connectivity index (χ3n) is 3.16. The van der Waals surface area contributed by atoms with E-state index in [1.807, 2.05) is 30.3 Å². The molecule has 2 aromatic rings. The van der Waals surface area contributed by atoms with Crippen LogP contribution in [-0.4, -0.2) is 10.9 Å². The van der Waals surface area contributed by atoms with E-state index in [1.165, 1.54) is 19.9 Å². The van der Waals surface area contributed by atoms with Gasteiger partial charge < -0.3 is 9.52 Å². The van der Waals surface area contributed by atoms with Crippen molar-refractivity contribution in [1.82, 2.24) is 0 Å². The van der Waals surface area contributed by atoms with Crippen molar-refractivity contribution in [3.63, 3.8) is 0 Å². The number of rotatable bonds is 2. The lowest BCUT2D eigenvalue weighted by atomic mass is 9.97. The molecule has 0 aliphatic heterocycles. The van der Waals surface area contributed by atoms with Crippen LogP contribution in [0.4, 0.5) is 0 Å². The molecule has 1 aromatic heterocycles. The number of benzene rings is 1. The van der Waals surface area contributed by atoms with Gasteiger partial charge in [0.05, 0.1) is 5.57 Å². The van der Waals surface area contributed by atoms with Crippen molar-refractivity contribution in [2.45, 2.75) is 20.8 Å². The number of carbonyl (C=O) groups is 1. The molecule has 0 saturated heterocycles. The topological polar surface area (TPSA) is 67.5 Å². The Morgan fingerprint density at radius 3 is 2.35 bits per heavy atom. The van der Waals surface area contributed by atoms with Crippen molar-refractivity contribution in [3.05, 3.63) is 75.0 Å². The van der Waals surface area contributed by atoms with Gasteiger partial charge in [-0.1, -0.05) is 30.0 Å². The lowest BCUT2D eigenvalue weighted by Gasteiger charge is -2.08. The summed E-state index contributed by atoms with van der Waals surface area (Å²) in [4.78, 5) is 24.0. The van der Waals surface area contributed by atoms with Crippen LogP contribution in [0.2, 0.25) is 0 Å². The minimum absolute atomic E-state index is 0.0538. The van der Waals surface area contributed by atoms with Crippen LogP contribution in [0.15, 0.2) is 51.4 Å². The molecule has 0 saturated carbocycles. The highest BCUT2D eigenvalue weighted by Crippen LogP contribution is 2.22. The van der Waals surface area contributed by atoms with E-state index in [0.717, 1.165) is 5.56 Å². The van der Waals surface area contributed by atoms with Crippen molar-refractivity contribution >= 4 is 11.4 Å². The molecule has 2 rings (SSSR count). The molecular formula is C19H16O4. The molecule has 0 aliphatic carbocycles. The predicted molar refractivity (Wildman–Crippen MR) is 88.0 cm³/mol. The van der Waals surface area contributed by atoms with Crippen molar-refractivity contribution in [2.75, 3.05) is 0 Å². The van der Waals surface area contributed by atoms with Gasteiger partial charge in [0.15, 0.2) is 5.78 Å². The summed E-state index contributed by atoms with van der Waals surface area (Å²) in [5, 5.41) is 9.81. The Kier molecular flexibility index (Phi) is 4.82. The zero-order chi connectivity index (χ0) is 17.0. The normalized spacial score (nSPS) is 11.3. The number of hydrogen-bond acceptors (Lipinski definition) is 4. The number of aliphatic hydroxyl groups excluding tert-OH is 1. The second-order valence-corrected chi connectivity index (χ2v) is 5.07. The minimum atomic E-state index is -0.636. The first kappa shape index (κ1) is 16.3. The Balaban J connectivity index is 2.70. The Bertz CT molecular complexity index is 886. The summed E-state index contributed by atoms with van der Waals surface area (Å²) in [6.45, 7) is 4.33. The first-order valence-corrected chi connectivity index (χ1v) is 7.03. The SMILES string of the molecule is CC(=O)/C(=C(\C)O)c1cc(C)oc(=O)c1C#Cc1ccccc1. The predicted octanol–water partition coefficient (Wildman–Crippen LogP) is 3.23. The molecule has 4 nitrogen and oxygen atoms in total. The first-order valence-electron chi connectivity index (χ1n) is 7.03. The smallest absolute Gasteiger partial charge is 0.352 e. The van der Waals surface area contributed by atoms with Crippen molar-refractivity contribution < 1.29 is 14.3 Å². The Morgan fingerprint density at radius 2 is 1.78 bits per heavy atom. The van der Waals surface area contributed by atoms with Crippen LogP contribution in [-0.2, 0) is 4.79 Å². The molecule has 4 heteroatoms. The van der Waals surface area contributed by atoms with Crippen LogP contribution in [0.3, 0.4) is 0 Å². The Hall–Kier alpha value is -3.06. The van der Waals surface area contributed by atoms with Crippen LogP contribution in [0.25, 0.3) is 5.57 Å². The number of hydrogen-bond donors (Lipinski definition) is 1. The van der Waals surface area contributed by atoms with E-state index < -0.39 is 5.63 Å². The zero-order valence-electron chi connectivity index (χ0n) is 13.1. The molecule has 0 fully saturated rings. The van der Waals surface area contributed by atoms with E-state index in [0.29, 0.717) is 5.76 Å². The summed E-state index contributed by atoms with van der Waals surface area (Å²) in [5.41, 5.74) is 0.502. The largest absolute Gasteiger partial charge is 0.512 e. The van der Waals surface area contributed by atoms with Gasteiger partial charge in [-0.25, -0.2) is 4.79 Å². The molecule has 0 amide bonds. The minimum Gasteiger partial charge on any atom is -0.512 e. The van der Waals surface area contributed by atoms with Crippen molar-refractivity contribution in [3.8, 4) is 11.8 Å². The van der Waals surface area contributed by atoms with E-state index in [4.69, 9.17) is 4.42 Å². The molecule has 0 spiro atoms. The summed E-state index contributed by atoms with van der Waals surface area (Å²) < 4.78 is 5.07. The number of carbonyl (C=O) groups excluding carboxylic acids is 1. The van der Waals surface area contributed by atoms with Gasteiger partial charge in [0.1, 0.15) is 17.1 Å². The maximum atomic E-state index is 12.1. The molecule has 1 heterocycles. The highest BCUT2D eigenvalue weighted by molar-refractivity contribution is 6.20. The number of ketones is 1. The lowest BCUT2D eigenvalue weighted by molar-refractivity contribution is -0.111. The monoisotopic (exact) mass is 308 g/mol. The van der Waals surface area contributed by atoms with Gasteiger partial charge in [0.2, 0.25) is 0 Å². The Labute approximate surface area is 134 Å². The third kappa shape index (κ3) is 3.78. The Morgan fingerprint density at radius 1 is 1.13 bits per heavy atom. The fraction of sp³-hybridized carbons (Fsp3) is 0.158. The maximum Gasteiger partial charge on any atom is 0.352 e. The van der Waals surface area contributed by atoms with Crippen molar-refractivity contribution in [1.29, 1.82) is 0 Å². The second kappa shape index (κ2) is 6.80. The van der Waals surface area contributed by atoms with E-state index >= 15 is 0 Å². The first-order chi connectivity index (χ1) is 10.9. The summed E-state index contributed by atoms with van der Waals surface area (Å²) in [6, 6.07) is 10.7. The van der Waals surface area contributed by atoms with Gasteiger partial charge in [-0.3, -0.25) is 4.79 Å². The van der Waals surface area contributed by atoms with E-state index in [2.05, 4.69) is 11.8 Å². The molecule has 0 unspecified atom stereocenters. The molecule has 1 N–H and O–H groups in total. The molecule has 1 aromatic carbocycles. The molecule has 0 bridgehead atoms. The maximum absolute atomic E-state index is 12.1. The lowest BCUT2D eigenvalue weighted by Crippen LogP contribution is -2.12. The van der Waals surface area contributed by atoms with Gasteiger partial charge in [0.25, 0.3) is 0 Å². The molecule has 0 radical (unpaired) electrons. The summed E-state index contributed by atoms with van der Waals surface area (Å²) >= 11 is 0. The highest BCUT2D eigenvalue weighted by atomic mass is 16.4. The second-order valence-electron chi connectivity index (χ2n) is 5.07. The van der Waals surface area contributed by atoms with Crippen LogP contribution in [0, 0.1) is 18.8 Å². The fourth-order valence-electron chi connectivity index (χ4n) is 2.22. The quantitative estimate of drug-likeness (QED) is 0.525. The molecule has 23 heavy (non-hydrogen) atoms. The zero-order valence-corrected chi connectivity index (χ0v) is 13.1. The van der Waals surface area contributed by atoms with Gasteiger partial charge in [-0.2, -0.15) is 0 Å². The van der Waals surface area contributed by atoms with Crippen LogP contribution in [0.5, 0.6) is 0 Å². The molecule has 0 aliphatic rings. The summed E-state index contributed by atoms with van der Waals surface area (Å²) in [6.07, 6.45) is 0. The van der Waals surface area contributed by atoms with Crippen LogP contribution >= 0.6 is 0 Å². The summed E-state index contributed by atoms with van der Waals surface area (Å²) in [5.74, 6) is 5.46. The molecule has 0 atom stereocenters. The average molecular weight is 308 g/mol. The number of Topliss-reactive ketones (excluding diaryl/α,β-unsaturated/α-hetero) is 1. The standard InChI is InChI=1S/C19H16O4/c1-12-11-17(18(13(2)20)14(3)21)16(19(22)23-12)10-9-15-7-5-4-6-8-15/h4-8,11,20H,1-3H3/b18-13-. The van der Waals surface area contributed by atoms with Gasteiger partial charge in [0, 0.05) is 11.1 Å². The molecule has 116 valence electrons. The third-order valence-corrected chi connectivity index (χ3v) is 3.16.